The Morgan fingerprint density at radius 2 is 2.20 bits per heavy atom. The van der Waals surface area contributed by atoms with E-state index in [0.29, 0.717) is 18.8 Å². The van der Waals surface area contributed by atoms with E-state index in [1.54, 1.807) is 19.2 Å². The second-order valence-corrected chi connectivity index (χ2v) is 3.52. The van der Waals surface area contributed by atoms with Crippen molar-refractivity contribution in [2.24, 2.45) is 5.73 Å². The summed E-state index contributed by atoms with van der Waals surface area (Å²) >= 11 is 0. The van der Waals surface area contributed by atoms with Gasteiger partial charge in [-0.15, -0.1) is 0 Å². The van der Waals surface area contributed by atoms with Crippen molar-refractivity contribution in [1.82, 2.24) is 4.90 Å². The molecule has 0 fully saturated rings. The van der Waals surface area contributed by atoms with Gasteiger partial charge >= 0.3 is 0 Å². The zero-order valence-corrected chi connectivity index (χ0v) is 9.23. The molecule has 84 valence electrons. The molecule has 15 heavy (non-hydrogen) atoms. The molecule has 0 radical (unpaired) electrons. The number of phenols is 1. The fourth-order valence-electron chi connectivity index (χ4n) is 1.41. The van der Waals surface area contributed by atoms with Crippen molar-refractivity contribution in [1.29, 1.82) is 0 Å². The van der Waals surface area contributed by atoms with Crippen LogP contribution >= 0.6 is 0 Å². The number of hydrogen-bond donors (Lipinski definition) is 2. The highest BCUT2D eigenvalue weighted by Gasteiger charge is 2.05. The highest BCUT2D eigenvalue weighted by molar-refractivity contribution is 5.39. The van der Waals surface area contributed by atoms with Gasteiger partial charge in [-0.25, -0.2) is 0 Å². The van der Waals surface area contributed by atoms with Gasteiger partial charge in [-0.3, -0.25) is 0 Å². The summed E-state index contributed by atoms with van der Waals surface area (Å²) in [7, 11) is 3.57. The molecule has 0 atom stereocenters. The lowest BCUT2D eigenvalue weighted by molar-refractivity contribution is 0.327. The van der Waals surface area contributed by atoms with Gasteiger partial charge in [0, 0.05) is 25.2 Å². The van der Waals surface area contributed by atoms with Gasteiger partial charge in [-0.2, -0.15) is 0 Å². The number of rotatable bonds is 5. The van der Waals surface area contributed by atoms with E-state index in [2.05, 4.69) is 4.90 Å². The van der Waals surface area contributed by atoms with Crippen molar-refractivity contribution in [2.45, 2.75) is 6.54 Å². The van der Waals surface area contributed by atoms with Crippen LogP contribution in [0.1, 0.15) is 5.56 Å². The first-order chi connectivity index (χ1) is 7.17. The Balaban J connectivity index is 2.74. The molecule has 0 aliphatic rings. The highest BCUT2D eigenvalue weighted by Crippen LogP contribution is 2.23. The second-order valence-electron chi connectivity index (χ2n) is 3.52. The van der Waals surface area contributed by atoms with Crippen LogP contribution in [-0.2, 0) is 6.54 Å². The van der Waals surface area contributed by atoms with Gasteiger partial charge in [-0.1, -0.05) is 0 Å². The van der Waals surface area contributed by atoms with Crippen molar-refractivity contribution in [3.05, 3.63) is 23.8 Å². The quantitative estimate of drug-likeness (QED) is 0.754. The molecule has 1 aromatic carbocycles. The number of phenolic OH excluding ortho intramolecular Hbond substituents is 1. The fraction of sp³-hybridized carbons (Fsp3) is 0.455. The first-order valence-corrected chi connectivity index (χ1v) is 4.92. The summed E-state index contributed by atoms with van der Waals surface area (Å²) in [6.07, 6.45) is 0. The minimum atomic E-state index is 0.291. The molecule has 0 unspecified atom stereocenters. The summed E-state index contributed by atoms with van der Waals surface area (Å²) in [5, 5.41) is 9.63. The van der Waals surface area contributed by atoms with E-state index in [1.807, 2.05) is 13.1 Å². The van der Waals surface area contributed by atoms with Crippen LogP contribution in [0, 0.1) is 0 Å². The van der Waals surface area contributed by atoms with E-state index in [-0.39, 0.29) is 0 Å². The maximum Gasteiger partial charge on any atom is 0.120 e. The normalized spacial score (nSPS) is 10.7. The average Bonchev–Trinajstić information content (AvgIpc) is 2.21. The Labute approximate surface area is 90.3 Å². The average molecular weight is 210 g/mol. The van der Waals surface area contributed by atoms with E-state index in [1.165, 1.54) is 0 Å². The van der Waals surface area contributed by atoms with Crippen molar-refractivity contribution in [3.63, 3.8) is 0 Å². The van der Waals surface area contributed by atoms with Crippen molar-refractivity contribution in [3.8, 4) is 11.5 Å². The third-order valence-corrected chi connectivity index (χ3v) is 2.24. The Morgan fingerprint density at radius 1 is 1.47 bits per heavy atom. The minimum absolute atomic E-state index is 0.291. The van der Waals surface area contributed by atoms with Crippen molar-refractivity contribution >= 4 is 0 Å². The van der Waals surface area contributed by atoms with E-state index < -0.39 is 0 Å². The fourth-order valence-corrected chi connectivity index (χ4v) is 1.41. The van der Waals surface area contributed by atoms with Crippen LogP contribution in [0.2, 0.25) is 0 Å². The number of likely N-dealkylation sites (N-methyl/N-ethyl adjacent to an activating group) is 1. The third kappa shape index (κ3) is 3.42. The molecule has 1 rings (SSSR count). The van der Waals surface area contributed by atoms with Crippen LogP contribution in [0.4, 0.5) is 0 Å². The number of ether oxygens (including phenoxy) is 1. The Morgan fingerprint density at radius 3 is 2.80 bits per heavy atom. The SMILES string of the molecule is COc1ccc(O)c(CN(C)CCN)c1. The number of hydrogen-bond acceptors (Lipinski definition) is 4. The summed E-state index contributed by atoms with van der Waals surface area (Å²) in [6, 6.07) is 5.22. The molecule has 0 aliphatic heterocycles. The Hall–Kier alpha value is -1.26. The van der Waals surface area contributed by atoms with Crippen LogP contribution in [0.15, 0.2) is 18.2 Å². The molecular weight excluding hydrogens is 192 g/mol. The number of aromatic hydroxyl groups is 1. The topological polar surface area (TPSA) is 58.7 Å². The van der Waals surface area contributed by atoms with E-state index >= 15 is 0 Å². The largest absolute Gasteiger partial charge is 0.508 e. The first-order valence-electron chi connectivity index (χ1n) is 4.92. The number of benzene rings is 1. The first kappa shape index (κ1) is 11.8. The number of nitrogens with zero attached hydrogens (tertiary/aromatic N) is 1. The molecule has 0 saturated heterocycles. The summed E-state index contributed by atoms with van der Waals surface area (Å²) in [5.41, 5.74) is 6.30. The lowest BCUT2D eigenvalue weighted by Gasteiger charge is -2.16. The zero-order valence-electron chi connectivity index (χ0n) is 9.23. The molecule has 0 spiro atoms. The molecule has 0 amide bonds. The van der Waals surface area contributed by atoms with Gasteiger partial charge in [0.1, 0.15) is 11.5 Å². The maximum atomic E-state index is 9.63. The van der Waals surface area contributed by atoms with Gasteiger partial charge in [0.2, 0.25) is 0 Å². The predicted octanol–water partition coefficient (Wildman–Crippen LogP) is 0.791. The van der Waals surface area contributed by atoms with Crippen molar-refractivity contribution in [2.75, 3.05) is 27.2 Å². The second kappa shape index (κ2) is 5.58. The lowest BCUT2D eigenvalue weighted by Crippen LogP contribution is -2.24. The van der Waals surface area contributed by atoms with E-state index in [0.717, 1.165) is 17.9 Å². The lowest BCUT2D eigenvalue weighted by atomic mass is 10.2. The van der Waals surface area contributed by atoms with E-state index in [9.17, 15) is 5.11 Å². The Bertz CT molecular complexity index is 315. The molecule has 0 heterocycles. The standard InChI is InChI=1S/C11H18N2O2/c1-13(6-5-12)8-9-7-10(15-2)3-4-11(9)14/h3-4,7,14H,5-6,8,12H2,1-2H3. The summed E-state index contributed by atoms with van der Waals surface area (Å²) < 4.78 is 5.10. The zero-order chi connectivity index (χ0) is 11.3. The van der Waals surface area contributed by atoms with Gasteiger partial charge in [-0.05, 0) is 25.2 Å². The third-order valence-electron chi connectivity index (χ3n) is 2.24. The highest BCUT2D eigenvalue weighted by atomic mass is 16.5. The number of methoxy groups -OCH3 is 1. The molecule has 0 aromatic heterocycles. The van der Waals surface area contributed by atoms with Gasteiger partial charge in [0.25, 0.3) is 0 Å². The van der Waals surface area contributed by atoms with Gasteiger partial charge in [0.05, 0.1) is 7.11 Å². The predicted molar refractivity (Wildman–Crippen MR) is 60.0 cm³/mol. The molecule has 1 aromatic rings. The molecule has 0 saturated carbocycles. The maximum absolute atomic E-state index is 9.63. The minimum Gasteiger partial charge on any atom is -0.508 e. The number of nitrogens with two attached hydrogens (primary N) is 1. The van der Waals surface area contributed by atoms with Gasteiger partial charge in [0.15, 0.2) is 0 Å². The molecule has 4 heteroatoms. The molecular formula is C11H18N2O2. The summed E-state index contributed by atoms with van der Waals surface area (Å²) in [6.45, 7) is 2.08. The summed E-state index contributed by atoms with van der Waals surface area (Å²) in [4.78, 5) is 2.05. The molecule has 0 bridgehead atoms. The molecule has 4 nitrogen and oxygen atoms in total. The van der Waals surface area contributed by atoms with Crippen LogP contribution in [0.5, 0.6) is 11.5 Å². The van der Waals surface area contributed by atoms with Crippen molar-refractivity contribution < 1.29 is 9.84 Å². The molecule has 0 aliphatic carbocycles. The van der Waals surface area contributed by atoms with Gasteiger partial charge < -0.3 is 20.5 Å². The monoisotopic (exact) mass is 210 g/mol. The van der Waals surface area contributed by atoms with Crippen LogP contribution < -0.4 is 10.5 Å². The molecule has 3 N–H and O–H groups in total. The van der Waals surface area contributed by atoms with Crippen LogP contribution in [0.25, 0.3) is 0 Å². The summed E-state index contributed by atoms with van der Waals surface area (Å²) in [5.74, 6) is 1.05. The van der Waals surface area contributed by atoms with E-state index in [4.69, 9.17) is 10.5 Å². The Kier molecular flexibility index (Phi) is 4.39. The van der Waals surface area contributed by atoms with Crippen LogP contribution in [-0.4, -0.2) is 37.3 Å². The smallest absolute Gasteiger partial charge is 0.120 e. The van der Waals surface area contributed by atoms with Crippen LogP contribution in [0.3, 0.4) is 0 Å².